The molecule has 0 aliphatic heterocycles. The van der Waals surface area contributed by atoms with E-state index in [1.165, 1.54) is 19.3 Å². The lowest BCUT2D eigenvalue weighted by Crippen LogP contribution is -1.99. The van der Waals surface area contributed by atoms with Gasteiger partial charge in [-0.1, -0.05) is 26.2 Å². The first kappa shape index (κ1) is 12.8. The Morgan fingerprint density at radius 1 is 1.11 bits per heavy atom. The van der Waals surface area contributed by atoms with Gasteiger partial charge in [0.15, 0.2) is 11.5 Å². The van der Waals surface area contributed by atoms with Gasteiger partial charge in [-0.25, -0.2) is 0 Å². The third-order valence-corrected chi connectivity index (χ3v) is 3.09. The van der Waals surface area contributed by atoms with Crippen molar-refractivity contribution in [1.82, 2.24) is 4.98 Å². The highest BCUT2D eigenvalue weighted by molar-refractivity contribution is 5.83. The Morgan fingerprint density at radius 2 is 2.00 bits per heavy atom. The van der Waals surface area contributed by atoms with Gasteiger partial charge in [-0.3, -0.25) is 0 Å². The predicted octanol–water partition coefficient (Wildman–Crippen LogP) is 4.14. The topological polar surface area (TPSA) is 34.2 Å². The Kier molecular flexibility index (Phi) is 4.51. The zero-order valence-electron chi connectivity index (χ0n) is 11.2. The number of methoxy groups -OCH3 is 1. The molecular weight excluding hydrogens is 226 g/mol. The third-order valence-electron chi connectivity index (χ3n) is 3.09. The van der Waals surface area contributed by atoms with E-state index in [0.717, 1.165) is 35.4 Å². The van der Waals surface area contributed by atoms with Gasteiger partial charge in [0.1, 0.15) is 0 Å². The smallest absolute Gasteiger partial charge is 0.163 e. The molecule has 0 unspecified atom stereocenters. The Morgan fingerprint density at radius 3 is 2.78 bits per heavy atom. The van der Waals surface area contributed by atoms with E-state index in [9.17, 15) is 0 Å². The highest BCUT2D eigenvalue weighted by Crippen LogP contribution is 2.31. The van der Waals surface area contributed by atoms with E-state index in [2.05, 4.69) is 11.9 Å². The molecule has 1 aromatic carbocycles. The highest BCUT2D eigenvalue weighted by atomic mass is 16.5. The molecule has 0 amide bonds. The van der Waals surface area contributed by atoms with Crippen LogP contribution in [0.15, 0.2) is 24.4 Å². The molecule has 2 aromatic rings. The number of hydrogen-bond donors (Lipinski definition) is 1. The van der Waals surface area contributed by atoms with Gasteiger partial charge in [0.2, 0.25) is 0 Å². The molecule has 0 aliphatic carbocycles. The molecule has 0 bridgehead atoms. The first-order valence-corrected chi connectivity index (χ1v) is 6.63. The number of H-pyrrole nitrogens is 1. The third kappa shape index (κ3) is 2.97. The lowest BCUT2D eigenvalue weighted by molar-refractivity contribution is 0.285. The van der Waals surface area contributed by atoms with Gasteiger partial charge in [0.25, 0.3) is 0 Å². The van der Waals surface area contributed by atoms with Crippen LogP contribution in [-0.2, 0) is 0 Å². The zero-order chi connectivity index (χ0) is 12.8. The van der Waals surface area contributed by atoms with Crippen LogP contribution in [0.1, 0.15) is 32.6 Å². The number of hydrogen-bond acceptors (Lipinski definition) is 2. The molecule has 0 aliphatic rings. The summed E-state index contributed by atoms with van der Waals surface area (Å²) in [6.07, 6.45) is 6.77. The van der Waals surface area contributed by atoms with Crippen LogP contribution >= 0.6 is 0 Å². The summed E-state index contributed by atoms with van der Waals surface area (Å²) in [5.41, 5.74) is 1.08. The van der Waals surface area contributed by atoms with Gasteiger partial charge in [0.05, 0.1) is 13.7 Å². The molecule has 18 heavy (non-hydrogen) atoms. The molecule has 1 aromatic heterocycles. The fourth-order valence-corrected chi connectivity index (χ4v) is 2.04. The van der Waals surface area contributed by atoms with Crippen molar-refractivity contribution in [3.63, 3.8) is 0 Å². The number of nitrogens with one attached hydrogen (secondary N) is 1. The summed E-state index contributed by atoms with van der Waals surface area (Å²) in [4.78, 5) is 3.19. The fourth-order valence-electron chi connectivity index (χ4n) is 2.04. The second-order valence-corrected chi connectivity index (χ2v) is 4.48. The minimum absolute atomic E-state index is 0.753. The van der Waals surface area contributed by atoms with E-state index >= 15 is 0 Å². The first-order valence-electron chi connectivity index (χ1n) is 6.63. The minimum Gasteiger partial charge on any atom is -0.493 e. The lowest BCUT2D eigenvalue weighted by atomic mass is 10.2. The van der Waals surface area contributed by atoms with Gasteiger partial charge in [-0.2, -0.15) is 0 Å². The van der Waals surface area contributed by atoms with Crippen LogP contribution in [-0.4, -0.2) is 18.7 Å². The van der Waals surface area contributed by atoms with Crippen molar-refractivity contribution >= 4 is 10.9 Å². The summed E-state index contributed by atoms with van der Waals surface area (Å²) in [6.45, 7) is 2.96. The van der Waals surface area contributed by atoms with Crippen LogP contribution in [0.25, 0.3) is 10.9 Å². The minimum atomic E-state index is 0.753. The van der Waals surface area contributed by atoms with Gasteiger partial charge >= 0.3 is 0 Å². The molecule has 3 heteroatoms. The summed E-state index contributed by atoms with van der Waals surface area (Å²) in [5, 5.41) is 1.14. The summed E-state index contributed by atoms with van der Waals surface area (Å²) < 4.78 is 11.2. The second kappa shape index (κ2) is 6.34. The molecule has 3 nitrogen and oxygen atoms in total. The molecule has 0 saturated carbocycles. The predicted molar refractivity (Wildman–Crippen MR) is 74.5 cm³/mol. The van der Waals surface area contributed by atoms with E-state index in [4.69, 9.17) is 9.47 Å². The lowest BCUT2D eigenvalue weighted by Gasteiger charge is -2.10. The molecule has 0 radical (unpaired) electrons. The SMILES string of the molecule is CCCCCCOc1cc2[nH]ccc2cc1OC. The van der Waals surface area contributed by atoms with Crippen LogP contribution in [0.3, 0.4) is 0 Å². The van der Waals surface area contributed by atoms with E-state index in [1.54, 1.807) is 7.11 Å². The summed E-state index contributed by atoms with van der Waals surface area (Å²) >= 11 is 0. The molecule has 2 rings (SSSR count). The van der Waals surface area contributed by atoms with Crippen LogP contribution in [0.5, 0.6) is 11.5 Å². The number of aromatic nitrogens is 1. The first-order chi connectivity index (χ1) is 8.85. The van der Waals surface area contributed by atoms with Crippen molar-refractivity contribution in [3.05, 3.63) is 24.4 Å². The molecular formula is C15H21NO2. The number of fused-ring (bicyclic) bond motifs is 1. The molecule has 1 N–H and O–H groups in total. The summed E-state index contributed by atoms with van der Waals surface area (Å²) in [5.74, 6) is 1.63. The van der Waals surface area contributed by atoms with Gasteiger partial charge in [0, 0.05) is 23.2 Å². The second-order valence-electron chi connectivity index (χ2n) is 4.48. The van der Waals surface area contributed by atoms with Crippen molar-refractivity contribution < 1.29 is 9.47 Å². The number of rotatable bonds is 7. The Labute approximate surface area is 108 Å². The monoisotopic (exact) mass is 247 g/mol. The van der Waals surface area contributed by atoms with Crippen molar-refractivity contribution in [2.45, 2.75) is 32.6 Å². The highest BCUT2D eigenvalue weighted by Gasteiger charge is 2.07. The Hall–Kier alpha value is -1.64. The maximum atomic E-state index is 5.81. The van der Waals surface area contributed by atoms with Crippen LogP contribution < -0.4 is 9.47 Å². The van der Waals surface area contributed by atoms with Crippen LogP contribution in [0.4, 0.5) is 0 Å². The maximum absolute atomic E-state index is 5.81. The fraction of sp³-hybridized carbons (Fsp3) is 0.467. The van der Waals surface area contributed by atoms with Gasteiger partial charge in [-0.05, 0) is 18.6 Å². The van der Waals surface area contributed by atoms with E-state index in [-0.39, 0.29) is 0 Å². The number of unbranched alkanes of at least 4 members (excludes halogenated alkanes) is 3. The van der Waals surface area contributed by atoms with Crippen LogP contribution in [0, 0.1) is 0 Å². The van der Waals surface area contributed by atoms with Crippen molar-refractivity contribution in [2.24, 2.45) is 0 Å². The molecule has 0 atom stereocenters. The number of aromatic amines is 1. The number of ether oxygens (including phenoxy) is 2. The summed E-state index contributed by atoms with van der Waals surface area (Å²) in [7, 11) is 1.68. The van der Waals surface area contributed by atoms with Crippen molar-refractivity contribution in [3.8, 4) is 11.5 Å². The van der Waals surface area contributed by atoms with E-state index in [0.29, 0.717) is 0 Å². The molecule has 0 spiro atoms. The standard InChI is InChI=1S/C15H21NO2/c1-3-4-5-6-9-18-15-11-13-12(7-8-16-13)10-14(15)17-2/h7-8,10-11,16H,3-6,9H2,1-2H3. The molecule has 0 saturated heterocycles. The molecule has 1 heterocycles. The Balaban J connectivity index is 2.01. The van der Waals surface area contributed by atoms with E-state index in [1.807, 2.05) is 24.4 Å². The van der Waals surface area contributed by atoms with Gasteiger partial charge in [-0.15, -0.1) is 0 Å². The van der Waals surface area contributed by atoms with Gasteiger partial charge < -0.3 is 14.5 Å². The quantitative estimate of drug-likeness (QED) is 0.746. The normalized spacial score (nSPS) is 10.8. The van der Waals surface area contributed by atoms with Crippen molar-refractivity contribution in [2.75, 3.05) is 13.7 Å². The van der Waals surface area contributed by atoms with Crippen LogP contribution in [0.2, 0.25) is 0 Å². The van der Waals surface area contributed by atoms with Crippen molar-refractivity contribution in [1.29, 1.82) is 0 Å². The zero-order valence-corrected chi connectivity index (χ0v) is 11.2. The van der Waals surface area contributed by atoms with E-state index < -0.39 is 0 Å². The number of benzene rings is 1. The molecule has 0 fully saturated rings. The average molecular weight is 247 g/mol. The Bertz CT molecular complexity index is 490. The average Bonchev–Trinajstić information content (AvgIpc) is 2.84. The molecule has 98 valence electrons. The largest absolute Gasteiger partial charge is 0.493 e. The maximum Gasteiger partial charge on any atom is 0.163 e. The summed E-state index contributed by atoms with van der Waals surface area (Å²) in [6, 6.07) is 6.05.